The van der Waals surface area contributed by atoms with Gasteiger partial charge < -0.3 is 18.9 Å². The Morgan fingerprint density at radius 2 is 1.73 bits per heavy atom. The minimum absolute atomic E-state index is 0.118. The van der Waals surface area contributed by atoms with E-state index in [1.165, 1.54) is 0 Å². The number of carbonyl (C=O) groups excluding carboxylic acids is 2. The maximum Gasteiger partial charge on any atom is 0.310 e. The van der Waals surface area contributed by atoms with Gasteiger partial charge in [0.1, 0.15) is 17.2 Å². The van der Waals surface area contributed by atoms with Crippen LogP contribution in [0.15, 0.2) is 47.6 Å². The fraction of sp³-hybridized carbons (Fsp3) is 0.464. The summed E-state index contributed by atoms with van der Waals surface area (Å²) in [6, 6.07) is 13.0. The van der Waals surface area contributed by atoms with Gasteiger partial charge in [-0.1, -0.05) is 12.1 Å². The molecule has 0 N–H and O–H groups in total. The van der Waals surface area contributed by atoms with E-state index in [9.17, 15) is 9.59 Å². The Hall–Kier alpha value is -3.59. The van der Waals surface area contributed by atoms with Crippen LogP contribution in [0.2, 0.25) is 0 Å². The van der Waals surface area contributed by atoms with Gasteiger partial charge in [-0.3, -0.25) is 14.5 Å². The van der Waals surface area contributed by atoms with Gasteiger partial charge in [-0.2, -0.15) is 5.10 Å². The molecule has 0 aliphatic carbocycles. The maximum absolute atomic E-state index is 13.6. The first-order valence-electron chi connectivity index (χ1n) is 12.6. The molecule has 0 bridgehead atoms. The van der Waals surface area contributed by atoms with Gasteiger partial charge in [-0.25, -0.2) is 5.01 Å². The third kappa shape index (κ3) is 6.05. The molecule has 2 atom stereocenters. The Bertz CT molecular complexity index is 1130. The third-order valence-electron chi connectivity index (χ3n) is 6.87. The van der Waals surface area contributed by atoms with Crippen LogP contribution in [0, 0.1) is 5.92 Å². The van der Waals surface area contributed by atoms with Gasteiger partial charge in [-0.05, 0) is 56.1 Å². The number of likely N-dealkylation sites (tertiary alicyclic amines) is 1. The molecule has 9 nitrogen and oxygen atoms in total. The average Bonchev–Trinajstić information content (AvgIpc) is 3.38. The topological polar surface area (TPSA) is 89.9 Å². The zero-order valence-electron chi connectivity index (χ0n) is 21.9. The highest BCUT2D eigenvalue weighted by Crippen LogP contribution is 2.37. The van der Waals surface area contributed by atoms with Crippen LogP contribution in [0.3, 0.4) is 0 Å². The molecule has 0 radical (unpaired) electrons. The molecule has 2 aliphatic rings. The molecule has 37 heavy (non-hydrogen) atoms. The number of hydrogen-bond acceptors (Lipinski definition) is 8. The van der Waals surface area contributed by atoms with E-state index in [0.29, 0.717) is 31.1 Å². The number of carbonyl (C=O) groups is 2. The summed E-state index contributed by atoms with van der Waals surface area (Å²) in [7, 11) is 4.84. The van der Waals surface area contributed by atoms with Crippen LogP contribution in [0.1, 0.15) is 43.4 Å². The molecular formula is C28H35N3O6. The van der Waals surface area contributed by atoms with Crippen molar-refractivity contribution >= 4 is 17.6 Å². The summed E-state index contributed by atoms with van der Waals surface area (Å²) >= 11 is 0. The molecule has 2 aromatic rings. The first-order chi connectivity index (χ1) is 18.0. The van der Waals surface area contributed by atoms with Crippen LogP contribution in [-0.4, -0.2) is 75.1 Å². The molecule has 0 spiro atoms. The van der Waals surface area contributed by atoms with E-state index in [-0.39, 0.29) is 30.4 Å². The first kappa shape index (κ1) is 26.5. The second kappa shape index (κ2) is 12.1. The van der Waals surface area contributed by atoms with Gasteiger partial charge in [0, 0.05) is 24.6 Å². The minimum Gasteiger partial charge on any atom is -0.497 e. The molecule has 1 amide bonds. The number of hydrazone groups is 1. The van der Waals surface area contributed by atoms with Gasteiger partial charge in [0.25, 0.3) is 5.91 Å². The third-order valence-corrected chi connectivity index (χ3v) is 6.87. The second-order valence-electron chi connectivity index (χ2n) is 9.17. The molecule has 2 aromatic carbocycles. The second-order valence-corrected chi connectivity index (χ2v) is 9.17. The van der Waals surface area contributed by atoms with E-state index < -0.39 is 0 Å². The number of esters is 1. The summed E-state index contributed by atoms with van der Waals surface area (Å²) in [6.07, 6.45) is 2.16. The average molecular weight is 510 g/mol. The molecule has 1 fully saturated rings. The maximum atomic E-state index is 13.6. The van der Waals surface area contributed by atoms with Crippen molar-refractivity contribution in [2.45, 2.75) is 32.2 Å². The molecule has 0 unspecified atom stereocenters. The summed E-state index contributed by atoms with van der Waals surface area (Å²) in [5, 5.41) is 6.38. The number of piperidine rings is 1. The van der Waals surface area contributed by atoms with Crippen LogP contribution in [0.5, 0.6) is 17.2 Å². The predicted molar refractivity (Wildman–Crippen MR) is 139 cm³/mol. The molecule has 0 aromatic heterocycles. The summed E-state index contributed by atoms with van der Waals surface area (Å²) < 4.78 is 21.5. The van der Waals surface area contributed by atoms with E-state index in [4.69, 9.17) is 24.0 Å². The number of rotatable bonds is 9. The lowest BCUT2D eigenvalue weighted by Crippen LogP contribution is -2.44. The largest absolute Gasteiger partial charge is 0.497 e. The lowest BCUT2D eigenvalue weighted by Gasteiger charge is -2.32. The Labute approximate surface area is 217 Å². The summed E-state index contributed by atoms with van der Waals surface area (Å²) in [6.45, 7) is 3.61. The highest BCUT2D eigenvalue weighted by Gasteiger charge is 2.36. The molecule has 9 heteroatoms. The molecule has 2 heterocycles. The van der Waals surface area contributed by atoms with Crippen LogP contribution in [0.4, 0.5) is 0 Å². The summed E-state index contributed by atoms with van der Waals surface area (Å²) in [4.78, 5) is 28.0. The van der Waals surface area contributed by atoms with Crippen LogP contribution < -0.4 is 14.2 Å². The summed E-state index contributed by atoms with van der Waals surface area (Å²) in [5.41, 5.74) is 2.54. The number of amides is 1. The monoisotopic (exact) mass is 509 g/mol. The highest BCUT2D eigenvalue weighted by molar-refractivity contribution is 6.05. The van der Waals surface area contributed by atoms with Crippen LogP contribution in [-0.2, 0) is 14.3 Å². The van der Waals surface area contributed by atoms with Crippen molar-refractivity contribution in [3.05, 3.63) is 53.6 Å². The number of hydrogen-bond donors (Lipinski definition) is 0. The smallest absolute Gasteiger partial charge is 0.310 e. The molecule has 2 aliphatic heterocycles. The minimum atomic E-state index is -0.272. The Balaban J connectivity index is 1.59. The van der Waals surface area contributed by atoms with Crippen LogP contribution >= 0.6 is 0 Å². The SMILES string of the molecule is CCOC(=O)[C@@H]1CCCN(CC(=O)N2N=C(c3ccc(OC)cc3OC)C[C@@H]2c2ccc(OC)cc2)C1. The number of nitrogens with zero attached hydrogens (tertiary/aromatic N) is 3. The fourth-order valence-electron chi connectivity index (χ4n) is 4.94. The fourth-order valence-corrected chi connectivity index (χ4v) is 4.94. The highest BCUT2D eigenvalue weighted by atomic mass is 16.5. The van der Waals surface area contributed by atoms with E-state index in [1.807, 2.05) is 54.3 Å². The van der Waals surface area contributed by atoms with Crippen molar-refractivity contribution in [3.8, 4) is 17.2 Å². The van der Waals surface area contributed by atoms with E-state index in [0.717, 1.165) is 42.0 Å². The van der Waals surface area contributed by atoms with Crippen molar-refractivity contribution < 1.29 is 28.5 Å². The Morgan fingerprint density at radius 1 is 1.00 bits per heavy atom. The Morgan fingerprint density at radius 3 is 2.41 bits per heavy atom. The zero-order valence-corrected chi connectivity index (χ0v) is 21.9. The van der Waals surface area contributed by atoms with Gasteiger partial charge in [0.2, 0.25) is 0 Å². The van der Waals surface area contributed by atoms with E-state index >= 15 is 0 Å². The summed E-state index contributed by atoms with van der Waals surface area (Å²) in [5.74, 6) is 1.54. The molecule has 1 saturated heterocycles. The molecule has 4 rings (SSSR count). The van der Waals surface area contributed by atoms with Gasteiger partial charge in [0.15, 0.2) is 0 Å². The molecular weight excluding hydrogens is 474 g/mol. The first-order valence-corrected chi connectivity index (χ1v) is 12.6. The molecule has 0 saturated carbocycles. The van der Waals surface area contributed by atoms with Crippen molar-refractivity contribution in [1.82, 2.24) is 9.91 Å². The number of methoxy groups -OCH3 is 3. The normalized spacial score (nSPS) is 19.8. The predicted octanol–water partition coefficient (Wildman–Crippen LogP) is 3.67. The van der Waals surface area contributed by atoms with Crippen molar-refractivity contribution in [1.29, 1.82) is 0 Å². The van der Waals surface area contributed by atoms with Crippen molar-refractivity contribution in [3.63, 3.8) is 0 Å². The van der Waals surface area contributed by atoms with Crippen molar-refractivity contribution in [2.75, 3.05) is 47.6 Å². The van der Waals surface area contributed by atoms with Crippen molar-refractivity contribution in [2.24, 2.45) is 11.0 Å². The lowest BCUT2D eigenvalue weighted by atomic mass is 9.97. The quantitative estimate of drug-likeness (QED) is 0.477. The standard InChI is InChI=1S/C28H35N3O6/c1-5-37-28(33)20-7-6-14-30(17-20)18-27(32)31-25(19-8-10-21(34-2)11-9-19)16-24(29-31)23-13-12-22(35-3)15-26(23)36-4/h8-13,15,20,25H,5-7,14,16-18H2,1-4H3/t20-,25-/m1/s1. The lowest BCUT2D eigenvalue weighted by molar-refractivity contribution is -0.150. The van der Waals surface area contributed by atoms with Gasteiger partial charge >= 0.3 is 5.97 Å². The number of benzene rings is 2. The number of ether oxygens (including phenoxy) is 4. The molecule has 198 valence electrons. The Kier molecular flexibility index (Phi) is 8.66. The van der Waals surface area contributed by atoms with E-state index in [2.05, 4.69) is 0 Å². The zero-order chi connectivity index (χ0) is 26.4. The van der Waals surface area contributed by atoms with Crippen LogP contribution in [0.25, 0.3) is 0 Å². The van der Waals surface area contributed by atoms with E-state index in [1.54, 1.807) is 26.3 Å². The van der Waals surface area contributed by atoms with Gasteiger partial charge in [0.05, 0.1) is 52.2 Å². The van der Waals surface area contributed by atoms with Gasteiger partial charge in [-0.15, -0.1) is 0 Å².